The zero-order valence-corrected chi connectivity index (χ0v) is 15.7. The van der Waals surface area contributed by atoms with Gasteiger partial charge in [-0.2, -0.15) is 0 Å². The van der Waals surface area contributed by atoms with Crippen LogP contribution in [0.15, 0.2) is 53.4 Å². The van der Waals surface area contributed by atoms with E-state index in [4.69, 9.17) is 4.74 Å². The SMILES string of the molecule is O=C([O-])COc1ccc(NS(=O)(=O)c2ccc(C3CCCCC3)cc2)cc1. The zero-order chi connectivity index (χ0) is 19.3. The maximum absolute atomic E-state index is 12.6. The summed E-state index contributed by atoms with van der Waals surface area (Å²) >= 11 is 0. The molecule has 27 heavy (non-hydrogen) atoms. The number of hydrogen-bond donors (Lipinski definition) is 1. The number of rotatable bonds is 7. The van der Waals surface area contributed by atoms with Crippen molar-refractivity contribution in [3.8, 4) is 5.75 Å². The number of carbonyl (C=O) groups is 1. The first-order chi connectivity index (χ1) is 12.9. The Kier molecular flexibility index (Phi) is 6.01. The van der Waals surface area contributed by atoms with E-state index in [2.05, 4.69) is 4.72 Å². The molecule has 144 valence electrons. The summed E-state index contributed by atoms with van der Waals surface area (Å²) in [7, 11) is -3.69. The Morgan fingerprint density at radius 1 is 1.00 bits per heavy atom. The fourth-order valence-electron chi connectivity index (χ4n) is 3.33. The van der Waals surface area contributed by atoms with Crippen molar-refractivity contribution >= 4 is 21.7 Å². The number of carboxylic acid groups (broad SMARTS) is 1. The molecule has 0 aliphatic heterocycles. The minimum Gasteiger partial charge on any atom is -0.546 e. The highest BCUT2D eigenvalue weighted by atomic mass is 32.2. The maximum atomic E-state index is 12.6. The van der Waals surface area contributed by atoms with Crippen molar-refractivity contribution in [2.24, 2.45) is 0 Å². The topological polar surface area (TPSA) is 95.5 Å². The summed E-state index contributed by atoms with van der Waals surface area (Å²) < 4.78 is 32.6. The van der Waals surface area contributed by atoms with Crippen LogP contribution in [0.1, 0.15) is 43.6 Å². The summed E-state index contributed by atoms with van der Waals surface area (Å²) in [6, 6.07) is 13.1. The van der Waals surface area contributed by atoms with Crippen LogP contribution in [0.4, 0.5) is 5.69 Å². The highest BCUT2D eigenvalue weighted by molar-refractivity contribution is 7.92. The minimum absolute atomic E-state index is 0.208. The van der Waals surface area contributed by atoms with Gasteiger partial charge in [0.25, 0.3) is 10.0 Å². The van der Waals surface area contributed by atoms with Crippen LogP contribution in [-0.4, -0.2) is 21.0 Å². The maximum Gasteiger partial charge on any atom is 0.261 e. The molecule has 1 aliphatic carbocycles. The molecule has 7 heteroatoms. The molecule has 0 aromatic heterocycles. The third-order valence-corrected chi connectivity index (χ3v) is 6.13. The van der Waals surface area contributed by atoms with Crippen LogP contribution in [0, 0.1) is 0 Å². The van der Waals surface area contributed by atoms with E-state index in [0.717, 1.165) is 12.8 Å². The molecule has 3 rings (SSSR count). The number of sulfonamides is 1. The van der Waals surface area contributed by atoms with E-state index < -0.39 is 22.6 Å². The van der Waals surface area contributed by atoms with Crippen molar-refractivity contribution in [3.63, 3.8) is 0 Å². The van der Waals surface area contributed by atoms with Crippen molar-refractivity contribution in [2.75, 3.05) is 11.3 Å². The molecular weight excluding hydrogens is 366 g/mol. The van der Waals surface area contributed by atoms with Crippen molar-refractivity contribution in [1.29, 1.82) is 0 Å². The second-order valence-electron chi connectivity index (χ2n) is 6.69. The van der Waals surface area contributed by atoms with Crippen molar-refractivity contribution in [2.45, 2.75) is 42.9 Å². The molecule has 0 atom stereocenters. The summed E-state index contributed by atoms with van der Waals surface area (Å²) in [4.78, 5) is 10.6. The molecule has 2 aromatic carbocycles. The number of nitrogens with one attached hydrogen (secondary N) is 1. The van der Waals surface area contributed by atoms with Crippen LogP contribution in [-0.2, 0) is 14.8 Å². The van der Waals surface area contributed by atoms with Gasteiger partial charge in [0.2, 0.25) is 0 Å². The first-order valence-electron chi connectivity index (χ1n) is 8.99. The second kappa shape index (κ2) is 8.43. The van der Waals surface area contributed by atoms with Crippen LogP contribution >= 0.6 is 0 Å². The lowest BCUT2D eigenvalue weighted by molar-refractivity contribution is -0.307. The van der Waals surface area contributed by atoms with Crippen LogP contribution in [0.25, 0.3) is 0 Å². The highest BCUT2D eigenvalue weighted by Crippen LogP contribution is 2.33. The molecule has 0 spiro atoms. The van der Waals surface area contributed by atoms with Crippen LogP contribution in [0.2, 0.25) is 0 Å². The van der Waals surface area contributed by atoms with Gasteiger partial charge in [0, 0.05) is 5.69 Å². The van der Waals surface area contributed by atoms with E-state index in [0.29, 0.717) is 17.4 Å². The predicted octanol–water partition coefficient (Wildman–Crippen LogP) is 2.66. The average Bonchev–Trinajstić information content (AvgIpc) is 2.68. The largest absolute Gasteiger partial charge is 0.546 e. The molecule has 0 unspecified atom stereocenters. The van der Waals surface area contributed by atoms with Crippen LogP contribution in [0.3, 0.4) is 0 Å². The van der Waals surface area contributed by atoms with Crippen molar-refractivity contribution < 1.29 is 23.1 Å². The molecule has 0 heterocycles. The molecule has 6 nitrogen and oxygen atoms in total. The molecule has 1 fully saturated rings. The molecular formula is C20H22NO5S-. The Bertz CT molecular complexity index is 870. The quantitative estimate of drug-likeness (QED) is 0.787. The van der Waals surface area contributed by atoms with E-state index in [1.165, 1.54) is 49.1 Å². The standard InChI is InChI=1S/C20H23NO5S/c22-20(23)14-26-18-10-8-17(9-11-18)21-27(24,25)19-12-6-16(7-13-19)15-4-2-1-3-5-15/h6-13,15,21H,1-5,14H2,(H,22,23)/p-1. The van der Waals surface area contributed by atoms with Gasteiger partial charge in [0.1, 0.15) is 12.4 Å². The smallest absolute Gasteiger partial charge is 0.261 e. The van der Waals surface area contributed by atoms with Gasteiger partial charge in [0.05, 0.1) is 10.9 Å². The summed E-state index contributed by atoms with van der Waals surface area (Å²) in [6.07, 6.45) is 6.07. The number of anilines is 1. The molecule has 0 saturated heterocycles. The fourth-order valence-corrected chi connectivity index (χ4v) is 4.39. The van der Waals surface area contributed by atoms with E-state index in [9.17, 15) is 18.3 Å². The Morgan fingerprint density at radius 2 is 1.63 bits per heavy atom. The molecule has 0 amide bonds. The number of carboxylic acids is 1. The van der Waals surface area contributed by atoms with Crippen molar-refractivity contribution in [3.05, 3.63) is 54.1 Å². The first-order valence-corrected chi connectivity index (χ1v) is 10.5. The van der Waals surface area contributed by atoms with Gasteiger partial charge in [-0.05, 0) is 60.7 Å². The summed E-state index contributed by atoms with van der Waals surface area (Å²) in [5.74, 6) is -0.479. The molecule has 1 aliphatic rings. The second-order valence-corrected chi connectivity index (χ2v) is 8.38. The average molecular weight is 388 g/mol. The lowest BCUT2D eigenvalue weighted by Gasteiger charge is -2.22. The normalized spacial score (nSPS) is 15.3. The van der Waals surface area contributed by atoms with Crippen LogP contribution in [0.5, 0.6) is 5.75 Å². The third-order valence-electron chi connectivity index (χ3n) is 4.73. The lowest BCUT2D eigenvalue weighted by Crippen LogP contribution is -2.28. The Hall–Kier alpha value is -2.54. The van der Waals surface area contributed by atoms with Gasteiger partial charge < -0.3 is 14.6 Å². The third kappa shape index (κ3) is 5.23. The molecule has 0 radical (unpaired) electrons. The van der Waals surface area contributed by atoms with E-state index >= 15 is 0 Å². The Morgan fingerprint density at radius 3 is 2.22 bits per heavy atom. The number of hydrogen-bond acceptors (Lipinski definition) is 5. The molecule has 1 N–H and O–H groups in total. The lowest BCUT2D eigenvalue weighted by atomic mass is 9.84. The zero-order valence-electron chi connectivity index (χ0n) is 14.9. The van der Waals surface area contributed by atoms with Gasteiger partial charge in [-0.15, -0.1) is 0 Å². The van der Waals surface area contributed by atoms with Gasteiger partial charge in [0.15, 0.2) is 0 Å². The monoisotopic (exact) mass is 388 g/mol. The highest BCUT2D eigenvalue weighted by Gasteiger charge is 2.18. The predicted molar refractivity (Wildman–Crippen MR) is 100 cm³/mol. The number of benzene rings is 2. The van der Waals surface area contributed by atoms with E-state index in [1.54, 1.807) is 12.1 Å². The molecule has 1 saturated carbocycles. The van der Waals surface area contributed by atoms with Crippen molar-refractivity contribution in [1.82, 2.24) is 0 Å². The van der Waals surface area contributed by atoms with Gasteiger partial charge in [-0.25, -0.2) is 8.42 Å². The molecule has 2 aromatic rings. The number of aliphatic carboxylic acids is 1. The number of ether oxygens (including phenoxy) is 1. The van der Waals surface area contributed by atoms with Gasteiger partial charge >= 0.3 is 0 Å². The fraction of sp³-hybridized carbons (Fsp3) is 0.350. The summed E-state index contributed by atoms with van der Waals surface area (Å²) in [5.41, 5.74) is 1.57. The van der Waals surface area contributed by atoms with Gasteiger partial charge in [-0.3, -0.25) is 4.72 Å². The van der Waals surface area contributed by atoms with Crippen LogP contribution < -0.4 is 14.6 Å². The Labute approximate surface area is 159 Å². The van der Waals surface area contributed by atoms with E-state index in [1.807, 2.05) is 12.1 Å². The summed E-state index contributed by atoms with van der Waals surface area (Å²) in [6.45, 7) is -0.557. The Balaban J connectivity index is 1.66. The van der Waals surface area contributed by atoms with Gasteiger partial charge in [-0.1, -0.05) is 31.4 Å². The molecule has 0 bridgehead atoms. The number of carbonyl (C=O) groups excluding carboxylic acids is 1. The van der Waals surface area contributed by atoms with E-state index in [-0.39, 0.29) is 4.90 Å². The summed E-state index contributed by atoms with van der Waals surface area (Å²) in [5, 5.41) is 10.4. The first kappa shape index (κ1) is 19.2. The minimum atomic E-state index is -3.69.